The zero-order valence-corrected chi connectivity index (χ0v) is 11.0. The Labute approximate surface area is 113 Å². The Morgan fingerprint density at radius 1 is 1.37 bits per heavy atom. The summed E-state index contributed by atoms with van der Waals surface area (Å²) in [4.78, 5) is 3.81. The maximum atomic E-state index is 9.95. The summed E-state index contributed by atoms with van der Waals surface area (Å²) in [6.45, 7) is 1.85. The van der Waals surface area contributed by atoms with Crippen molar-refractivity contribution < 1.29 is 9.84 Å². The summed E-state index contributed by atoms with van der Waals surface area (Å²) in [6.07, 6.45) is 4.81. The highest BCUT2D eigenvalue weighted by Gasteiger charge is 2.32. The topological polar surface area (TPSA) is 65.6 Å². The molecule has 0 heterocycles. The Hall–Kier alpha value is -1.86. The monoisotopic (exact) mass is 258 g/mol. The zero-order chi connectivity index (χ0) is 13.7. The van der Waals surface area contributed by atoms with Gasteiger partial charge in [0.25, 0.3) is 0 Å². The maximum absolute atomic E-state index is 9.95. The lowest BCUT2D eigenvalue weighted by molar-refractivity contribution is 0.0145. The van der Waals surface area contributed by atoms with E-state index in [0.717, 1.165) is 12.8 Å². The number of hydrogen-bond acceptors (Lipinski definition) is 4. The van der Waals surface area contributed by atoms with Crippen LogP contribution in [0.4, 0.5) is 0 Å². The number of ether oxygens (including phenoxy) is 1. The molecule has 0 bridgehead atoms. The van der Waals surface area contributed by atoms with Crippen molar-refractivity contribution in [1.29, 1.82) is 5.26 Å². The van der Waals surface area contributed by atoms with E-state index >= 15 is 0 Å². The van der Waals surface area contributed by atoms with Crippen molar-refractivity contribution in [3.63, 3.8) is 0 Å². The number of hydrogen-bond donors (Lipinski definition) is 1. The Balaban J connectivity index is 2.06. The predicted molar refractivity (Wildman–Crippen MR) is 72.7 cm³/mol. The molecule has 0 amide bonds. The fourth-order valence-corrected chi connectivity index (χ4v) is 2.34. The van der Waals surface area contributed by atoms with Gasteiger partial charge in [0.1, 0.15) is 5.75 Å². The molecule has 4 heteroatoms. The van der Waals surface area contributed by atoms with Crippen molar-refractivity contribution in [2.45, 2.75) is 38.2 Å². The third-order valence-corrected chi connectivity index (χ3v) is 3.54. The maximum Gasteiger partial charge on any atom is 0.208 e. The number of nitrogens with zero attached hydrogens (tertiary/aromatic N) is 2. The molecular weight excluding hydrogens is 240 g/mol. The van der Waals surface area contributed by atoms with Gasteiger partial charge in [0.05, 0.1) is 5.60 Å². The van der Waals surface area contributed by atoms with Gasteiger partial charge in [0, 0.05) is 5.92 Å². The van der Waals surface area contributed by atoms with Crippen LogP contribution >= 0.6 is 0 Å². The van der Waals surface area contributed by atoms with Crippen LogP contribution in [-0.4, -0.2) is 16.6 Å². The lowest BCUT2D eigenvalue weighted by atomic mass is 9.80. The SMILES string of the molecule is CC1(O)CCC(C(=NC#N)Oc2ccccc2)CC1. The Morgan fingerprint density at radius 2 is 2.00 bits per heavy atom. The number of aliphatic hydroxyl groups is 1. The molecular formula is C15H18N2O2. The van der Waals surface area contributed by atoms with Gasteiger partial charge in [0.15, 0.2) is 0 Å². The van der Waals surface area contributed by atoms with Crippen molar-refractivity contribution in [3.8, 4) is 11.9 Å². The van der Waals surface area contributed by atoms with Crippen LogP contribution in [0, 0.1) is 17.4 Å². The highest BCUT2D eigenvalue weighted by atomic mass is 16.5. The average Bonchev–Trinajstić information content (AvgIpc) is 2.39. The number of aliphatic imine (C=N–C) groups is 1. The van der Waals surface area contributed by atoms with E-state index in [1.165, 1.54) is 0 Å². The number of rotatable bonds is 2. The largest absolute Gasteiger partial charge is 0.442 e. The van der Waals surface area contributed by atoms with Gasteiger partial charge in [-0.25, -0.2) is 0 Å². The highest BCUT2D eigenvalue weighted by molar-refractivity contribution is 5.82. The molecule has 0 aliphatic heterocycles. The minimum atomic E-state index is -0.596. The molecule has 4 nitrogen and oxygen atoms in total. The first kappa shape index (κ1) is 13.6. The molecule has 0 atom stereocenters. The second-order valence-corrected chi connectivity index (χ2v) is 5.24. The summed E-state index contributed by atoms with van der Waals surface area (Å²) in [5, 5.41) is 18.7. The van der Waals surface area contributed by atoms with E-state index in [2.05, 4.69) is 4.99 Å². The van der Waals surface area contributed by atoms with E-state index in [1.807, 2.05) is 37.3 Å². The van der Waals surface area contributed by atoms with Gasteiger partial charge in [0.2, 0.25) is 12.1 Å². The molecule has 1 N–H and O–H groups in total. The number of benzene rings is 1. The van der Waals surface area contributed by atoms with E-state index in [0.29, 0.717) is 24.5 Å². The Morgan fingerprint density at radius 3 is 2.58 bits per heavy atom. The lowest BCUT2D eigenvalue weighted by Crippen LogP contribution is -2.34. The van der Waals surface area contributed by atoms with Crippen LogP contribution in [0.2, 0.25) is 0 Å². The van der Waals surface area contributed by atoms with Crippen molar-refractivity contribution >= 4 is 5.90 Å². The van der Waals surface area contributed by atoms with Crippen molar-refractivity contribution in [3.05, 3.63) is 30.3 Å². The number of nitriles is 1. The first-order valence-corrected chi connectivity index (χ1v) is 6.53. The average molecular weight is 258 g/mol. The first-order valence-electron chi connectivity index (χ1n) is 6.53. The van der Waals surface area contributed by atoms with Gasteiger partial charge in [-0.2, -0.15) is 5.26 Å². The summed E-state index contributed by atoms with van der Waals surface area (Å²) in [6, 6.07) is 9.35. The van der Waals surface area contributed by atoms with Gasteiger partial charge in [-0.3, -0.25) is 0 Å². The van der Waals surface area contributed by atoms with E-state index in [9.17, 15) is 5.11 Å². The van der Waals surface area contributed by atoms with Crippen LogP contribution in [0.5, 0.6) is 5.75 Å². The van der Waals surface area contributed by atoms with E-state index in [1.54, 1.807) is 6.19 Å². The molecule has 0 spiro atoms. The van der Waals surface area contributed by atoms with Crippen LogP contribution in [-0.2, 0) is 0 Å². The molecule has 0 aromatic heterocycles. The van der Waals surface area contributed by atoms with Gasteiger partial charge in [-0.15, -0.1) is 4.99 Å². The first-order chi connectivity index (χ1) is 9.11. The van der Waals surface area contributed by atoms with Crippen LogP contribution in [0.3, 0.4) is 0 Å². The third kappa shape index (κ3) is 3.80. The van der Waals surface area contributed by atoms with Crippen LogP contribution in [0.25, 0.3) is 0 Å². The van der Waals surface area contributed by atoms with Crippen LogP contribution in [0.15, 0.2) is 35.3 Å². The quantitative estimate of drug-likeness (QED) is 0.504. The molecule has 0 saturated heterocycles. The molecule has 1 aliphatic carbocycles. The molecule has 100 valence electrons. The lowest BCUT2D eigenvalue weighted by Gasteiger charge is -2.32. The number of para-hydroxylation sites is 1. The molecule has 1 aromatic carbocycles. The fraction of sp³-hybridized carbons (Fsp3) is 0.467. The van der Waals surface area contributed by atoms with E-state index in [-0.39, 0.29) is 5.92 Å². The van der Waals surface area contributed by atoms with Crippen LogP contribution in [0.1, 0.15) is 32.6 Å². The summed E-state index contributed by atoms with van der Waals surface area (Å²) in [5.41, 5.74) is -0.596. The molecule has 0 radical (unpaired) electrons. The minimum absolute atomic E-state index is 0.111. The molecule has 2 rings (SSSR count). The minimum Gasteiger partial charge on any atom is -0.442 e. The summed E-state index contributed by atoms with van der Waals surface area (Å²) in [7, 11) is 0. The van der Waals surface area contributed by atoms with Gasteiger partial charge < -0.3 is 9.84 Å². The summed E-state index contributed by atoms with van der Waals surface area (Å²) in [5.74, 6) is 1.26. The van der Waals surface area contributed by atoms with Gasteiger partial charge >= 0.3 is 0 Å². The zero-order valence-electron chi connectivity index (χ0n) is 11.0. The molecule has 1 aromatic rings. The van der Waals surface area contributed by atoms with Gasteiger partial charge in [-0.05, 0) is 44.7 Å². The molecule has 0 unspecified atom stereocenters. The predicted octanol–water partition coefficient (Wildman–Crippen LogP) is 2.89. The third-order valence-electron chi connectivity index (χ3n) is 3.54. The second kappa shape index (κ2) is 5.85. The van der Waals surface area contributed by atoms with Gasteiger partial charge in [-0.1, -0.05) is 18.2 Å². The normalized spacial score (nSPS) is 27.6. The highest BCUT2D eigenvalue weighted by Crippen LogP contribution is 2.33. The fourth-order valence-electron chi connectivity index (χ4n) is 2.34. The second-order valence-electron chi connectivity index (χ2n) is 5.24. The summed E-state index contributed by atoms with van der Waals surface area (Å²) >= 11 is 0. The molecule has 1 saturated carbocycles. The van der Waals surface area contributed by atoms with Crippen molar-refractivity contribution in [2.24, 2.45) is 10.9 Å². The molecule has 1 fully saturated rings. The Bertz CT molecular complexity index is 479. The Kier molecular flexibility index (Phi) is 4.18. The van der Waals surface area contributed by atoms with Crippen LogP contribution < -0.4 is 4.74 Å². The van der Waals surface area contributed by atoms with E-state index < -0.39 is 5.60 Å². The van der Waals surface area contributed by atoms with E-state index in [4.69, 9.17) is 10.00 Å². The summed E-state index contributed by atoms with van der Waals surface area (Å²) < 4.78 is 5.71. The molecule has 19 heavy (non-hydrogen) atoms. The molecule has 1 aliphatic rings. The smallest absolute Gasteiger partial charge is 0.208 e. The standard InChI is InChI=1S/C15H18N2O2/c1-15(18)9-7-12(8-10-15)14(17-11-16)19-13-5-3-2-4-6-13/h2-6,12,18H,7-10H2,1H3. The van der Waals surface area contributed by atoms with Crippen molar-refractivity contribution in [1.82, 2.24) is 0 Å². The van der Waals surface area contributed by atoms with Crippen molar-refractivity contribution in [2.75, 3.05) is 0 Å².